The maximum absolute atomic E-state index is 14.2. The molecule has 35 heavy (non-hydrogen) atoms. The third-order valence-electron chi connectivity index (χ3n) is 6.30. The minimum Gasteiger partial charge on any atom is -0.488 e. The van der Waals surface area contributed by atoms with Crippen molar-refractivity contribution < 1.29 is 27.8 Å². The molecule has 188 valence electrons. The zero-order chi connectivity index (χ0) is 24.6. The van der Waals surface area contributed by atoms with Crippen LogP contribution in [0.15, 0.2) is 60.1 Å². The fourth-order valence-corrected chi connectivity index (χ4v) is 4.31. The molecule has 0 bridgehead atoms. The van der Waals surface area contributed by atoms with Gasteiger partial charge in [-0.1, -0.05) is 30.7 Å². The Morgan fingerprint density at radius 3 is 2.57 bits per heavy atom. The van der Waals surface area contributed by atoms with Gasteiger partial charge in [-0.25, -0.2) is 8.78 Å². The molecule has 6 nitrogen and oxygen atoms in total. The zero-order valence-electron chi connectivity index (χ0n) is 20.1. The highest BCUT2D eigenvalue weighted by atomic mass is 19.1. The van der Waals surface area contributed by atoms with Crippen LogP contribution in [-0.4, -0.2) is 54.9 Å². The van der Waals surface area contributed by atoms with Gasteiger partial charge in [-0.15, -0.1) is 0 Å². The highest BCUT2D eigenvalue weighted by Gasteiger charge is 2.23. The second kappa shape index (κ2) is 12.0. The number of ketones is 1. The first kappa shape index (κ1) is 25.0. The van der Waals surface area contributed by atoms with E-state index in [9.17, 15) is 13.6 Å². The SMILES string of the molecule is CCC(=O)c1cc(F)c(OCCCN2CCN(C3=COC=C(CC4=CC=CCC4)O3)CC2)c(F)c1. The van der Waals surface area contributed by atoms with Crippen LogP contribution in [0.25, 0.3) is 0 Å². The predicted molar refractivity (Wildman–Crippen MR) is 129 cm³/mol. The van der Waals surface area contributed by atoms with Crippen molar-refractivity contribution in [1.82, 2.24) is 9.80 Å². The van der Waals surface area contributed by atoms with E-state index in [1.165, 1.54) is 5.57 Å². The number of halogens is 2. The van der Waals surface area contributed by atoms with E-state index in [4.69, 9.17) is 14.2 Å². The topological polar surface area (TPSA) is 51.2 Å². The van der Waals surface area contributed by atoms with E-state index < -0.39 is 17.4 Å². The van der Waals surface area contributed by atoms with Gasteiger partial charge in [0.2, 0.25) is 5.88 Å². The van der Waals surface area contributed by atoms with Gasteiger partial charge >= 0.3 is 0 Å². The van der Waals surface area contributed by atoms with Crippen LogP contribution in [0.2, 0.25) is 0 Å². The van der Waals surface area contributed by atoms with Gasteiger partial charge in [-0.2, -0.15) is 0 Å². The van der Waals surface area contributed by atoms with Crippen molar-refractivity contribution in [2.75, 3.05) is 39.3 Å². The highest BCUT2D eigenvalue weighted by molar-refractivity contribution is 5.96. The van der Waals surface area contributed by atoms with E-state index in [0.29, 0.717) is 6.42 Å². The van der Waals surface area contributed by atoms with Crippen molar-refractivity contribution in [2.45, 2.75) is 39.0 Å². The number of benzene rings is 1. The number of Topliss-reactive ketones (excluding diaryl/α,β-unsaturated/α-hetero) is 1. The van der Waals surface area contributed by atoms with Gasteiger partial charge in [0.15, 0.2) is 29.4 Å². The van der Waals surface area contributed by atoms with Gasteiger partial charge in [-0.05, 0) is 31.4 Å². The molecule has 0 saturated carbocycles. The normalized spacial score (nSPS) is 18.3. The summed E-state index contributed by atoms with van der Waals surface area (Å²) in [5, 5.41) is 0. The highest BCUT2D eigenvalue weighted by Crippen LogP contribution is 2.27. The number of hydrogen-bond donors (Lipinski definition) is 0. The van der Waals surface area contributed by atoms with Crippen molar-refractivity contribution in [3.8, 4) is 5.75 Å². The van der Waals surface area contributed by atoms with Crippen molar-refractivity contribution in [2.24, 2.45) is 0 Å². The zero-order valence-corrected chi connectivity index (χ0v) is 20.1. The lowest BCUT2D eigenvalue weighted by molar-refractivity contribution is 0.0732. The fraction of sp³-hybridized carbons (Fsp3) is 0.444. The van der Waals surface area contributed by atoms with E-state index in [0.717, 1.165) is 75.8 Å². The van der Waals surface area contributed by atoms with Gasteiger partial charge in [0, 0.05) is 51.1 Å². The first-order chi connectivity index (χ1) is 17.0. The van der Waals surface area contributed by atoms with Gasteiger partial charge in [0.1, 0.15) is 12.0 Å². The number of rotatable bonds is 10. The average Bonchev–Trinajstić information content (AvgIpc) is 2.88. The molecule has 1 saturated heterocycles. The molecule has 1 fully saturated rings. The summed E-state index contributed by atoms with van der Waals surface area (Å²) in [7, 11) is 0. The minimum atomic E-state index is -0.844. The van der Waals surface area contributed by atoms with Crippen molar-refractivity contribution >= 4 is 5.78 Å². The molecule has 0 aromatic heterocycles. The molecule has 0 radical (unpaired) electrons. The maximum atomic E-state index is 14.2. The van der Waals surface area contributed by atoms with Gasteiger partial charge in [-0.3, -0.25) is 9.69 Å². The summed E-state index contributed by atoms with van der Waals surface area (Å²) >= 11 is 0. The number of ether oxygens (including phenoxy) is 3. The third-order valence-corrected chi connectivity index (χ3v) is 6.30. The molecular formula is C27H32F2N2O4. The molecule has 8 heteroatoms. The summed E-state index contributed by atoms with van der Waals surface area (Å²) in [6, 6.07) is 2.08. The third kappa shape index (κ3) is 6.72. The largest absolute Gasteiger partial charge is 0.488 e. The Hall–Kier alpha value is -3.13. The predicted octanol–water partition coefficient (Wildman–Crippen LogP) is 5.30. The Bertz CT molecular complexity index is 1020. The first-order valence-corrected chi connectivity index (χ1v) is 12.2. The molecule has 1 aliphatic carbocycles. The van der Waals surface area contributed by atoms with E-state index in [1.807, 2.05) is 0 Å². The number of allylic oxidation sites excluding steroid dienone is 4. The standard InChI is InChI=1S/C27H32F2N2O4/c1-2-25(32)21-16-23(28)27(24(29)17-21)34-14-6-9-30-10-12-31(13-11-30)26-19-33-18-22(35-26)15-20-7-4-3-5-8-20/h3-4,7,16-19H,2,5-6,8-15H2,1H3. The maximum Gasteiger partial charge on any atom is 0.231 e. The number of hydrogen-bond acceptors (Lipinski definition) is 6. The van der Waals surface area contributed by atoms with Gasteiger partial charge in [0.25, 0.3) is 0 Å². The molecule has 0 spiro atoms. The Morgan fingerprint density at radius 2 is 1.89 bits per heavy atom. The monoisotopic (exact) mass is 486 g/mol. The first-order valence-electron chi connectivity index (χ1n) is 12.2. The molecule has 3 aliphatic rings. The number of carbonyl (C=O) groups excluding carboxylic acids is 1. The Kier molecular flexibility index (Phi) is 8.58. The second-order valence-electron chi connectivity index (χ2n) is 8.82. The molecule has 0 unspecified atom stereocenters. The van der Waals surface area contributed by atoms with Crippen LogP contribution in [0.5, 0.6) is 5.75 Å². The summed E-state index contributed by atoms with van der Waals surface area (Å²) in [4.78, 5) is 16.1. The Balaban J connectivity index is 1.17. The molecule has 2 aliphatic heterocycles. The summed E-state index contributed by atoms with van der Waals surface area (Å²) in [6.45, 7) is 5.87. The number of nitrogens with zero attached hydrogens (tertiary/aromatic N) is 2. The lowest BCUT2D eigenvalue weighted by Gasteiger charge is -2.37. The molecule has 4 rings (SSSR count). The van der Waals surface area contributed by atoms with Crippen LogP contribution >= 0.6 is 0 Å². The molecule has 0 atom stereocenters. The van der Waals surface area contributed by atoms with Crippen LogP contribution in [0.1, 0.15) is 49.4 Å². The van der Waals surface area contributed by atoms with Crippen molar-refractivity contribution in [1.29, 1.82) is 0 Å². The van der Waals surface area contributed by atoms with Crippen LogP contribution in [0.4, 0.5) is 8.78 Å². The van der Waals surface area contributed by atoms with E-state index in [-0.39, 0.29) is 24.4 Å². The minimum absolute atomic E-state index is 0.0287. The Morgan fingerprint density at radius 1 is 1.11 bits per heavy atom. The average molecular weight is 487 g/mol. The number of carbonyl (C=O) groups is 1. The number of piperazine rings is 1. The quantitative estimate of drug-likeness (QED) is 0.331. The van der Waals surface area contributed by atoms with Crippen molar-refractivity contribution in [3.63, 3.8) is 0 Å². The fourth-order valence-electron chi connectivity index (χ4n) is 4.31. The molecule has 1 aromatic carbocycles. The molecule has 0 N–H and O–H groups in total. The van der Waals surface area contributed by atoms with E-state index in [2.05, 4.69) is 28.0 Å². The van der Waals surface area contributed by atoms with Crippen LogP contribution in [0.3, 0.4) is 0 Å². The summed E-state index contributed by atoms with van der Waals surface area (Å²) in [5.41, 5.74) is 1.36. The van der Waals surface area contributed by atoms with Gasteiger partial charge < -0.3 is 19.1 Å². The summed E-state index contributed by atoms with van der Waals surface area (Å²) < 4.78 is 45.4. The van der Waals surface area contributed by atoms with Gasteiger partial charge in [0.05, 0.1) is 6.61 Å². The lowest BCUT2D eigenvalue weighted by Crippen LogP contribution is -2.46. The molecule has 0 amide bonds. The van der Waals surface area contributed by atoms with E-state index in [1.54, 1.807) is 19.4 Å². The summed E-state index contributed by atoms with van der Waals surface area (Å²) in [6.07, 6.45) is 13.4. The van der Waals surface area contributed by atoms with Crippen LogP contribution in [0, 0.1) is 11.6 Å². The molecule has 2 heterocycles. The van der Waals surface area contributed by atoms with E-state index >= 15 is 0 Å². The Labute approximate surface area is 205 Å². The smallest absolute Gasteiger partial charge is 0.231 e. The molecular weight excluding hydrogens is 454 g/mol. The van der Waals surface area contributed by atoms with Crippen LogP contribution in [-0.2, 0) is 9.47 Å². The van der Waals surface area contributed by atoms with Crippen molar-refractivity contribution in [3.05, 3.63) is 77.3 Å². The molecule has 1 aromatic rings. The lowest BCUT2D eigenvalue weighted by atomic mass is 10.0. The van der Waals surface area contributed by atoms with Crippen LogP contribution < -0.4 is 4.74 Å². The summed E-state index contributed by atoms with van der Waals surface area (Å²) in [5.74, 6) is -0.872. The second-order valence-corrected chi connectivity index (χ2v) is 8.82.